The second kappa shape index (κ2) is 6.99. The van der Waals surface area contributed by atoms with Crippen LogP contribution in [-0.4, -0.2) is 29.6 Å². The van der Waals surface area contributed by atoms with Crippen molar-refractivity contribution in [2.45, 2.75) is 32.4 Å². The molecule has 0 aliphatic carbocycles. The van der Waals surface area contributed by atoms with Crippen LogP contribution in [0.2, 0.25) is 0 Å². The van der Waals surface area contributed by atoms with Crippen molar-refractivity contribution in [3.8, 4) is 0 Å². The van der Waals surface area contributed by atoms with Crippen LogP contribution in [-0.2, 0) is 0 Å². The molecule has 0 amide bonds. The summed E-state index contributed by atoms with van der Waals surface area (Å²) in [6.45, 7) is 2.71. The van der Waals surface area contributed by atoms with E-state index in [1.54, 1.807) is 0 Å². The molecule has 0 aliphatic rings. The fraction of sp³-hybridized carbons (Fsp3) is 1.00. The van der Waals surface area contributed by atoms with Crippen LogP contribution in [0.3, 0.4) is 0 Å². The van der Waals surface area contributed by atoms with E-state index in [4.69, 9.17) is 10.2 Å². The van der Waals surface area contributed by atoms with Gasteiger partial charge in [0.15, 0.2) is 0 Å². The molecule has 0 fully saturated rings. The average Bonchev–Trinajstić information content (AvgIpc) is 1.98. The Bertz CT molecular complexity index is 68.6. The van der Waals surface area contributed by atoms with Gasteiger partial charge in [0.05, 0.1) is 6.61 Å². The van der Waals surface area contributed by atoms with Crippen LogP contribution in [0.4, 0.5) is 0 Å². The van der Waals surface area contributed by atoms with Crippen molar-refractivity contribution in [1.29, 1.82) is 0 Å². The first-order chi connectivity index (χ1) is 4.81. The predicted octanol–water partition coefficient (Wildman–Crippen LogP) is 0.0769. The van der Waals surface area contributed by atoms with Crippen molar-refractivity contribution in [1.82, 2.24) is 5.32 Å². The highest BCUT2D eigenvalue weighted by Gasteiger charge is 1.97. The highest BCUT2D eigenvalue weighted by molar-refractivity contribution is 4.50. The molecule has 3 nitrogen and oxygen atoms in total. The van der Waals surface area contributed by atoms with Crippen molar-refractivity contribution in [2.24, 2.45) is 0 Å². The summed E-state index contributed by atoms with van der Waals surface area (Å²) in [4.78, 5) is 0. The topological polar surface area (TPSA) is 52.5 Å². The highest BCUT2D eigenvalue weighted by Crippen LogP contribution is 1.91. The van der Waals surface area contributed by atoms with Gasteiger partial charge in [0, 0.05) is 0 Å². The second-order valence-corrected chi connectivity index (χ2v) is 2.36. The van der Waals surface area contributed by atoms with Crippen LogP contribution in [0.1, 0.15) is 26.2 Å². The molecule has 0 heterocycles. The average molecular weight is 147 g/mol. The van der Waals surface area contributed by atoms with Crippen molar-refractivity contribution in [3.63, 3.8) is 0 Å². The Labute approximate surface area is 62.1 Å². The minimum absolute atomic E-state index is 0.202. The van der Waals surface area contributed by atoms with Gasteiger partial charge in [-0.3, -0.25) is 5.32 Å². The lowest BCUT2D eigenvalue weighted by Crippen LogP contribution is -2.32. The van der Waals surface area contributed by atoms with Crippen molar-refractivity contribution < 1.29 is 10.2 Å². The second-order valence-electron chi connectivity index (χ2n) is 2.36. The summed E-state index contributed by atoms with van der Waals surface area (Å²) in [6, 6.07) is 0. The molecule has 0 aromatic rings. The Morgan fingerprint density at radius 1 is 1.40 bits per heavy atom. The SMILES string of the molecule is CCCCCNC(O)CO. The van der Waals surface area contributed by atoms with E-state index in [0.717, 1.165) is 13.0 Å². The van der Waals surface area contributed by atoms with Gasteiger partial charge in [-0.2, -0.15) is 0 Å². The van der Waals surface area contributed by atoms with Crippen molar-refractivity contribution in [3.05, 3.63) is 0 Å². The number of hydrogen-bond donors (Lipinski definition) is 3. The smallest absolute Gasteiger partial charge is 0.128 e. The van der Waals surface area contributed by atoms with Crippen LogP contribution in [0.15, 0.2) is 0 Å². The third-order valence-electron chi connectivity index (χ3n) is 1.33. The van der Waals surface area contributed by atoms with E-state index in [2.05, 4.69) is 12.2 Å². The maximum atomic E-state index is 8.80. The number of hydrogen-bond acceptors (Lipinski definition) is 3. The zero-order valence-electron chi connectivity index (χ0n) is 6.51. The van der Waals surface area contributed by atoms with Crippen LogP contribution < -0.4 is 5.32 Å². The molecule has 0 bridgehead atoms. The third-order valence-corrected chi connectivity index (χ3v) is 1.33. The van der Waals surface area contributed by atoms with Crippen LogP contribution in [0, 0.1) is 0 Å². The van der Waals surface area contributed by atoms with Crippen LogP contribution in [0.25, 0.3) is 0 Å². The fourth-order valence-corrected chi connectivity index (χ4v) is 0.708. The molecule has 0 aromatic carbocycles. The van der Waals surface area contributed by atoms with Gasteiger partial charge in [-0.15, -0.1) is 0 Å². The molecule has 0 saturated carbocycles. The van der Waals surface area contributed by atoms with Gasteiger partial charge in [0.2, 0.25) is 0 Å². The maximum Gasteiger partial charge on any atom is 0.128 e. The molecule has 1 atom stereocenters. The quantitative estimate of drug-likeness (QED) is 0.368. The van der Waals surface area contributed by atoms with E-state index in [0.29, 0.717) is 0 Å². The summed E-state index contributed by atoms with van der Waals surface area (Å²) in [5.74, 6) is 0. The summed E-state index contributed by atoms with van der Waals surface area (Å²) >= 11 is 0. The molecule has 0 aromatic heterocycles. The Hall–Kier alpha value is -0.120. The van der Waals surface area contributed by atoms with Gasteiger partial charge in [-0.05, 0) is 13.0 Å². The Balaban J connectivity index is 2.89. The van der Waals surface area contributed by atoms with E-state index < -0.39 is 6.23 Å². The monoisotopic (exact) mass is 147 g/mol. The molecule has 0 saturated heterocycles. The molecule has 1 unspecified atom stereocenters. The van der Waals surface area contributed by atoms with E-state index in [9.17, 15) is 0 Å². The first-order valence-electron chi connectivity index (χ1n) is 3.83. The number of rotatable bonds is 6. The largest absolute Gasteiger partial charge is 0.392 e. The summed E-state index contributed by atoms with van der Waals surface area (Å²) in [6.07, 6.45) is 2.67. The van der Waals surface area contributed by atoms with E-state index in [1.165, 1.54) is 12.8 Å². The minimum atomic E-state index is -0.739. The number of aliphatic hydroxyl groups excluding tert-OH is 2. The number of aliphatic hydroxyl groups is 2. The van der Waals surface area contributed by atoms with Crippen molar-refractivity contribution >= 4 is 0 Å². The molecular weight excluding hydrogens is 130 g/mol. The summed E-state index contributed by atoms with van der Waals surface area (Å²) in [7, 11) is 0. The predicted molar refractivity (Wildman–Crippen MR) is 40.6 cm³/mol. The molecule has 3 N–H and O–H groups in total. The molecule has 0 spiro atoms. The zero-order chi connectivity index (χ0) is 7.82. The van der Waals surface area contributed by atoms with Gasteiger partial charge in [-0.1, -0.05) is 19.8 Å². The summed E-state index contributed by atoms with van der Waals surface area (Å²) in [5.41, 5.74) is 0. The van der Waals surface area contributed by atoms with Gasteiger partial charge in [0.25, 0.3) is 0 Å². The Morgan fingerprint density at radius 2 is 2.10 bits per heavy atom. The standard InChI is InChI=1S/C7H17NO2/c1-2-3-4-5-8-7(10)6-9/h7-10H,2-6H2,1H3. The van der Waals surface area contributed by atoms with Crippen molar-refractivity contribution in [2.75, 3.05) is 13.2 Å². The molecule has 0 rings (SSSR count). The number of nitrogens with one attached hydrogen (secondary N) is 1. The Morgan fingerprint density at radius 3 is 2.60 bits per heavy atom. The van der Waals surface area contributed by atoms with Gasteiger partial charge in [0.1, 0.15) is 6.23 Å². The number of unbranched alkanes of at least 4 members (excludes halogenated alkanes) is 2. The van der Waals surface area contributed by atoms with E-state index >= 15 is 0 Å². The molecular formula is C7H17NO2. The lowest BCUT2D eigenvalue weighted by atomic mass is 10.2. The molecule has 10 heavy (non-hydrogen) atoms. The fourth-order valence-electron chi connectivity index (χ4n) is 0.708. The third kappa shape index (κ3) is 6.01. The van der Waals surface area contributed by atoms with Crippen LogP contribution in [0.5, 0.6) is 0 Å². The molecule has 62 valence electrons. The lowest BCUT2D eigenvalue weighted by molar-refractivity contribution is 0.0679. The highest BCUT2D eigenvalue weighted by atomic mass is 16.3. The zero-order valence-corrected chi connectivity index (χ0v) is 6.51. The maximum absolute atomic E-state index is 8.80. The molecule has 0 aliphatic heterocycles. The first-order valence-corrected chi connectivity index (χ1v) is 3.83. The van der Waals surface area contributed by atoms with E-state index in [1.807, 2.05) is 0 Å². The summed E-state index contributed by atoms with van der Waals surface area (Å²) in [5, 5.41) is 19.9. The van der Waals surface area contributed by atoms with Gasteiger partial charge in [-0.25, -0.2) is 0 Å². The molecule has 0 radical (unpaired) electrons. The van der Waals surface area contributed by atoms with E-state index in [-0.39, 0.29) is 6.61 Å². The van der Waals surface area contributed by atoms with Gasteiger partial charge < -0.3 is 10.2 Å². The lowest BCUT2D eigenvalue weighted by Gasteiger charge is -2.08. The van der Waals surface area contributed by atoms with Gasteiger partial charge >= 0.3 is 0 Å². The summed E-state index contributed by atoms with van der Waals surface area (Å²) < 4.78 is 0. The van der Waals surface area contributed by atoms with Crippen LogP contribution >= 0.6 is 0 Å². The normalized spacial score (nSPS) is 13.5. The Kier molecular flexibility index (Phi) is 6.91. The molecule has 3 heteroatoms. The first kappa shape index (κ1) is 9.88. The minimum Gasteiger partial charge on any atom is -0.392 e.